The summed E-state index contributed by atoms with van der Waals surface area (Å²) in [7, 11) is 1.72. The lowest BCUT2D eigenvalue weighted by Gasteiger charge is -2.26. The van der Waals surface area contributed by atoms with Crippen LogP contribution in [0.1, 0.15) is 29.6 Å². The third-order valence-corrected chi connectivity index (χ3v) is 2.84. The van der Waals surface area contributed by atoms with E-state index in [-0.39, 0.29) is 5.91 Å². The van der Waals surface area contributed by atoms with Gasteiger partial charge in [-0.15, -0.1) is 0 Å². The largest absolute Gasteiger partial charge is 0.383 e. The van der Waals surface area contributed by atoms with Crippen LogP contribution in [0.15, 0.2) is 6.20 Å². The molecule has 16 heavy (non-hydrogen) atoms. The molecule has 0 saturated carbocycles. The Morgan fingerprint density at radius 2 is 2.12 bits per heavy atom. The number of hydrazine groups is 1. The van der Waals surface area contributed by atoms with Crippen LogP contribution in [0.3, 0.4) is 0 Å². The number of carbonyl (C=O) groups is 1. The maximum Gasteiger partial charge on any atom is 0.270 e. The number of nitrogen functional groups attached to an aromatic ring is 1. The van der Waals surface area contributed by atoms with Crippen LogP contribution in [0.5, 0.6) is 0 Å². The second kappa shape index (κ2) is 4.52. The monoisotopic (exact) mass is 223 g/mol. The first-order valence-electron chi connectivity index (χ1n) is 5.52. The van der Waals surface area contributed by atoms with Crippen LogP contribution in [0.25, 0.3) is 0 Å². The molecule has 6 heteroatoms. The fraction of sp³-hybridized carbons (Fsp3) is 0.600. The van der Waals surface area contributed by atoms with Crippen molar-refractivity contribution in [2.75, 3.05) is 18.8 Å². The number of aryl methyl sites for hydroxylation is 1. The van der Waals surface area contributed by atoms with Crippen molar-refractivity contribution < 1.29 is 4.79 Å². The number of amides is 1. The summed E-state index contributed by atoms with van der Waals surface area (Å²) in [5, 5.41) is 5.89. The second-order valence-corrected chi connectivity index (χ2v) is 4.06. The molecule has 0 spiro atoms. The minimum absolute atomic E-state index is 0.174. The summed E-state index contributed by atoms with van der Waals surface area (Å²) in [4.78, 5) is 11.9. The highest BCUT2D eigenvalue weighted by molar-refractivity contribution is 5.97. The van der Waals surface area contributed by atoms with Gasteiger partial charge in [0.05, 0.1) is 6.20 Å². The van der Waals surface area contributed by atoms with Gasteiger partial charge in [-0.3, -0.25) is 14.9 Å². The molecular formula is C10H17N5O. The van der Waals surface area contributed by atoms with E-state index in [9.17, 15) is 4.79 Å². The highest BCUT2D eigenvalue weighted by Gasteiger charge is 2.17. The number of nitrogens with one attached hydrogen (secondary N) is 1. The molecule has 2 rings (SSSR count). The maximum atomic E-state index is 11.9. The van der Waals surface area contributed by atoms with Crippen molar-refractivity contribution in [3.05, 3.63) is 11.8 Å². The molecule has 1 aromatic heterocycles. The minimum Gasteiger partial charge on any atom is -0.383 e. The van der Waals surface area contributed by atoms with Gasteiger partial charge in [0, 0.05) is 20.1 Å². The van der Waals surface area contributed by atoms with Crippen LogP contribution in [-0.4, -0.2) is 33.8 Å². The Bertz CT molecular complexity index is 381. The van der Waals surface area contributed by atoms with Crippen molar-refractivity contribution in [3.8, 4) is 0 Å². The van der Waals surface area contributed by atoms with E-state index in [1.54, 1.807) is 7.05 Å². The zero-order chi connectivity index (χ0) is 11.5. The fourth-order valence-electron chi connectivity index (χ4n) is 1.83. The third-order valence-electron chi connectivity index (χ3n) is 2.84. The number of nitrogens with zero attached hydrogens (tertiary/aromatic N) is 3. The molecule has 1 aromatic rings. The summed E-state index contributed by atoms with van der Waals surface area (Å²) in [6.07, 6.45) is 4.99. The topological polar surface area (TPSA) is 76.2 Å². The third kappa shape index (κ3) is 2.16. The molecule has 0 aromatic carbocycles. The van der Waals surface area contributed by atoms with Gasteiger partial charge in [-0.2, -0.15) is 5.10 Å². The molecular weight excluding hydrogens is 206 g/mol. The normalized spacial score (nSPS) is 17.3. The first-order valence-corrected chi connectivity index (χ1v) is 5.52. The molecule has 3 N–H and O–H groups in total. The van der Waals surface area contributed by atoms with Gasteiger partial charge in [0.2, 0.25) is 0 Å². The van der Waals surface area contributed by atoms with Crippen LogP contribution in [0.2, 0.25) is 0 Å². The molecule has 0 aliphatic carbocycles. The SMILES string of the molecule is Cn1ncc(C(=O)NN2CCCCC2)c1N. The first kappa shape index (κ1) is 10.9. The van der Waals surface area contributed by atoms with E-state index in [1.165, 1.54) is 17.3 Å². The molecule has 1 fully saturated rings. The fourth-order valence-corrected chi connectivity index (χ4v) is 1.83. The summed E-state index contributed by atoms with van der Waals surface area (Å²) >= 11 is 0. The average molecular weight is 223 g/mol. The molecule has 1 aliphatic heterocycles. The molecule has 6 nitrogen and oxygen atoms in total. The van der Waals surface area contributed by atoms with Crippen molar-refractivity contribution >= 4 is 11.7 Å². The Kier molecular flexibility index (Phi) is 3.09. The quantitative estimate of drug-likeness (QED) is 0.747. The lowest BCUT2D eigenvalue weighted by Crippen LogP contribution is -2.45. The lowest BCUT2D eigenvalue weighted by atomic mass is 10.2. The first-order chi connectivity index (χ1) is 7.68. The van der Waals surface area contributed by atoms with E-state index in [0.29, 0.717) is 11.4 Å². The van der Waals surface area contributed by atoms with E-state index < -0.39 is 0 Å². The van der Waals surface area contributed by atoms with Crippen molar-refractivity contribution in [2.24, 2.45) is 7.05 Å². The Hall–Kier alpha value is -1.56. The Labute approximate surface area is 94.4 Å². The van der Waals surface area contributed by atoms with Gasteiger partial charge in [-0.1, -0.05) is 6.42 Å². The number of hydrogen-bond donors (Lipinski definition) is 2. The van der Waals surface area contributed by atoms with Crippen LogP contribution in [0, 0.1) is 0 Å². The summed E-state index contributed by atoms with van der Waals surface area (Å²) in [6.45, 7) is 1.82. The van der Waals surface area contributed by atoms with Crippen molar-refractivity contribution in [3.63, 3.8) is 0 Å². The summed E-state index contributed by atoms with van der Waals surface area (Å²) in [5.41, 5.74) is 9.02. The van der Waals surface area contributed by atoms with E-state index in [1.807, 2.05) is 5.01 Å². The number of carbonyl (C=O) groups excluding carboxylic acids is 1. The summed E-state index contributed by atoms with van der Waals surface area (Å²) in [6, 6.07) is 0. The van der Waals surface area contributed by atoms with Gasteiger partial charge in [-0.05, 0) is 12.8 Å². The van der Waals surface area contributed by atoms with Crippen LogP contribution in [-0.2, 0) is 7.05 Å². The highest BCUT2D eigenvalue weighted by Crippen LogP contribution is 2.11. The minimum atomic E-state index is -0.174. The highest BCUT2D eigenvalue weighted by atomic mass is 16.2. The molecule has 1 amide bonds. The predicted octanol–water partition coefficient (Wildman–Crippen LogP) is 0.133. The number of anilines is 1. The van der Waals surface area contributed by atoms with E-state index >= 15 is 0 Å². The molecule has 1 saturated heterocycles. The molecule has 0 bridgehead atoms. The van der Waals surface area contributed by atoms with Gasteiger partial charge in [0.15, 0.2) is 0 Å². The average Bonchev–Trinajstić information content (AvgIpc) is 2.61. The number of hydrogen-bond acceptors (Lipinski definition) is 4. The Morgan fingerprint density at radius 1 is 1.44 bits per heavy atom. The molecule has 0 radical (unpaired) electrons. The van der Waals surface area contributed by atoms with E-state index in [2.05, 4.69) is 10.5 Å². The molecule has 1 aliphatic rings. The smallest absolute Gasteiger partial charge is 0.270 e. The number of nitrogens with two attached hydrogens (primary N) is 1. The van der Waals surface area contributed by atoms with Gasteiger partial charge in [-0.25, -0.2) is 5.01 Å². The summed E-state index contributed by atoms with van der Waals surface area (Å²) in [5.74, 6) is 0.224. The van der Waals surface area contributed by atoms with Crippen molar-refractivity contribution in [1.82, 2.24) is 20.2 Å². The molecule has 88 valence electrons. The van der Waals surface area contributed by atoms with Crippen molar-refractivity contribution in [2.45, 2.75) is 19.3 Å². The van der Waals surface area contributed by atoms with Crippen LogP contribution >= 0.6 is 0 Å². The Morgan fingerprint density at radius 3 is 2.69 bits per heavy atom. The number of aromatic nitrogens is 2. The lowest BCUT2D eigenvalue weighted by molar-refractivity contribution is 0.0751. The van der Waals surface area contributed by atoms with Crippen LogP contribution in [0.4, 0.5) is 5.82 Å². The van der Waals surface area contributed by atoms with Gasteiger partial charge >= 0.3 is 0 Å². The zero-order valence-electron chi connectivity index (χ0n) is 9.44. The van der Waals surface area contributed by atoms with Gasteiger partial charge < -0.3 is 5.73 Å². The molecule has 2 heterocycles. The predicted molar refractivity (Wildman–Crippen MR) is 60.5 cm³/mol. The standard InChI is InChI=1S/C10H17N5O/c1-14-9(11)8(7-12-14)10(16)13-15-5-3-2-4-6-15/h7H,2-6,11H2,1H3,(H,13,16). The second-order valence-electron chi connectivity index (χ2n) is 4.06. The molecule has 0 unspecified atom stereocenters. The molecule has 0 atom stereocenters. The number of piperidine rings is 1. The van der Waals surface area contributed by atoms with Crippen LogP contribution < -0.4 is 11.2 Å². The summed E-state index contributed by atoms with van der Waals surface area (Å²) < 4.78 is 1.49. The number of rotatable bonds is 2. The maximum absolute atomic E-state index is 11.9. The van der Waals surface area contributed by atoms with Crippen molar-refractivity contribution in [1.29, 1.82) is 0 Å². The zero-order valence-corrected chi connectivity index (χ0v) is 9.44. The van der Waals surface area contributed by atoms with E-state index in [0.717, 1.165) is 25.9 Å². The van der Waals surface area contributed by atoms with Gasteiger partial charge in [0.1, 0.15) is 11.4 Å². The van der Waals surface area contributed by atoms with Gasteiger partial charge in [0.25, 0.3) is 5.91 Å². The Balaban J connectivity index is 1.99. The van der Waals surface area contributed by atoms with E-state index in [4.69, 9.17) is 5.73 Å².